The van der Waals surface area contributed by atoms with Crippen LogP contribution in [-0.4, -0.2) is 9.55 Å². The first kappa shape index (κ1) is 28.4. The van der Waals surface area contributed by atoms with E-state index in [-0.39, 0.29) is 5.82 Å². The second-order valence-corrected chi connectivity index (χ2v) is 12.8. The van der Waals surface area contributed by atoms with Crippen LogP contribution in [0.25, 0.3) is 93.3 Å². The number of fused-ring (bicyclic) bond motifs is 6. The molecule has 0 aliphatic heterocycles. The van der Waals surface area contributed by atoms with Gasteiger partial charge in [0.1, 0.15) is 11.5 Å². The van der Waals surface area contributed by atoms with Gasteiger partial charge < -0.3 is 0 Å². The topological polar surface area (TPSA) is 17.8 Å². The molecular weight excluding hydrogens is 612 g/mol. The van der Waals surface area contributed by atoms with Crippen LogP contribution >= 0.6 is 0 Å². The predicted molar refractivity (Wildman–Crippen MR) is 207 cm³/mol. The fraction of sp³-hybridized carbons (Fsp3) is 0. The summed E-state index contributed by atoms with van der Waals surface area (Å²) in [6, 6.07) is 58.3. The maximum absolute atomic E-state index is 17.3. The lowest BCUT2D eigenvalue weighted by atomic mass is 9.84. The summed E-state index contributed by atoms with van der Waals surface area (Å²) in [7, 11) is 0. The molecule has 0 aliphatic rings. The first-order valence-electron chi connectivity index (χ1n) is 16.9. The molecule has 0 aliphatic carbocycles. The Kier molecular flexibility index (Phi) is 6.40. The van der Waals surface area contributed by atoms with Crippen molar-refractivity contribution in [3.8, 4) is 39.1 Å². The first-order chi connectivity index (χ1) is 24.8. The Morgan fingerprint density at radius 2 is 0.860 bits per heavy atom. The van der Waals surface area contributed by atoms with Gasteiger partial charge in [-0.1, -0.05) is 146 Å². The van der Waals surface area contributed by atoms with E-state index in [1.54, 1.807) is 12.3 Å². The molecular formula is C47H29FN2. The van der Waals surface area contributed by atoms with E-state index in [4.69, 9.17) is 4.98 Å². The average Bonchev–Trinajstić information content (AvgIpc) is 3.52. The number of hydrogen-bond donors (Lipinski definition) is 0. The van der Waals surface area contributed by atoms with Gasteiger partial charge in [-0.3, -0.25) is 4.57 Å². The third-order valence-corrected chi connectivity index (χ3v) is 10.1. The quantitative estimate of drug-likeness (QED) is 0.175. The van der Waals surface area contributed by atoms with E-state index in [1.165, 1.54) is 11.1 Å². The predicted octanol–water partition coefficient (Wildman–Crippen LogP) is 12.8. The molecule has 0 amide bonds. The lowest BCUT2D eigenvalue weighted by Gasteiger charge is -2.21. The molecule has 0 N–H and O–H groups in total. The number of para-hydroxylation sites is 1. The summed E-state index contributed by atoms with van der Waals surface area (Å²) in [4.78, 5) is 4.80. The molecule has 0 spiro atoms. The Balaban J connectivity index is 1.26. The summed E-state index contributed by atoms with van der Waals surface area (Å²) in [6.07, 6.45) is 1.81. The Morgan fingerprint density at radius 3 is 1.52 bits per heavy atom. The van der Waals surface area contributed by atoms with Crippen molar-refractivity contribution in [3.63, 3.8) is 0 Å². The molecule has 3 heteroatoms. The third-order valence-electron chi connectivity index (χ3n) is 10.1. The summed E-state index contributed by atoms with van der Waals surface area (Å²) in [5.74, 6) is -0.268. The highest BCUT2D eigenvalue weighted by Gasteiger charge is 2.23. The van der Waals surface area contributed by atoms with Gasteiger partial charge in [-0.05, 0) is 73.5 Å². The largest absolute Gasteiger partial charge is 0.293 e. The van der Waals surface area contributed by atoms with E-state index in [0.29, 0.717) is 5.56 Å². The van der Waals surface area contributed by atoms with Crippen LogP contribution < -0.4 is 0 Å². The zero-order chi connectivity index (χ0) is 33.2. The molecule has 0 unspecified atom stereocenters. The molecule has 0 saturated carbocycles. The van der Waals surface area contributed by atoms with Crippen molar-refractivity contribution in [3.05, 3.63) is 182 Å². The third kappa shape index (κ3) is 4.23. The monoisotopic (exact) mass is 640 g/mol. The number of benzene rings is 8. The van der Waals surface area contributed by atoms with Gasteiger partial charge >= 0.3 is 0 Å². The van der Waals surface area contributed by atoms with Gasteiger partial charge in [0, 0.05) is 33.5 Å². The molecule has 8 aromatic carbocycles. The second-order valence-electron chi connectivity index (χ2n) is 12.8. The van der Waals surface area contributed by atoms with Crippen LogP contribution in [0.15, 0.2) is 176 Å². The van der Waals surface area contributed by atoms with Crippen molar-refractivity contribution in [1.29, 1.82) is 0 Å². The minimum absolute atomic E-state index is 0.268. The van der Waals surface area contributed by atoms with Crippen LogP contribution in [0.3, 0.4) is 0 Å². The summed E-state index contributed by atoms with van der Waals surface area (Å²) in [5, 5.41) is 8.17. The number of rotatable bonds is 4. The molecule has 0 saturated heterocycles. The Bertz CT molecular complexity index is 2810. The van der Waals surface area contributed by atoms with Gasteiger partial charge in [0.15, 0.2) is 0 Å². The normalized spacial score (nSPS) is 11.7. The fourth-order valence-electron chi connectivity index (χ4n) is 7.97. The molecule has 0 atom stereocenters. The van der Waals surface area contributed by atoms with Crippen molar-refractivity contribution in [1.82, 2.24) is 9.55 Å². The summed E-state index contributed by atoms with van der Waals surface area (Å²) in [6.45, 7) is 0. The van der Waals surface area contributed by atoms with Crippen molar-refractivity contribution < 1.29 is 4.39 Å². The second kappa shape index (κ2) is 11.3. The molecule has 0 bridgehead atoms. The van der Waals surface area contributed by atoms with Gasteiger partial charge in [-0.15, -0.1) is 0 Å². The number of nitrogens with zero attached hydrogens (tertiary/aromatic N) is 2. The van der Waals surface area contributed by atoms with Crippen LogP contribution in [0.2, 0.25) is 0 Å². The maximum Gasteiger partial charge on any atom is 0.145 e. The Labute approximate surface area is 288 Å². The minimum atomic E-state index is -0.268. The average molecular weight is 641 g/mol. The van der Waals surface area contributed by atoms with Crippen molar-refractivity contribution >= 4 is 54.3 Å². The van der Waals surface area contributed by atoms with E-state index < -0.39 is 0 Å². The van der Waals surface area contributed by atoms with Gasteiger partial charge in [0.2, 0.25) is 0 Å². The standard InChI is InChI=1S/C47H29FN2/c48-41-29-43(50-42-23-11-10-16-34(42)40-22-12-28-49-47(40)50)33-15-4-5-17-35(33)46(41)45-38-20-8-6-18-36(38)44(37-19-7-9-21-39(37)45)32-26-24-31(25-27-32)30-13-2-1-3-14-30/h1-29H. The van der Waals surface area contributed by atoms with E-state index in [1.807, 2.05) is 36.4 Å². The van der Waals surface area contributed by atoms with Crippen LogP contribution in [0.1, 0.15) is 0 Å². The highest BCUT2D eigenvalue weighted by atomic mass is 19.1. The number of halogens is 1. The van der Waals surface area contributed by atoms with Crippen LogP contribution in [-0.2, 0) is 0 Å². The SMILES string of the molecule is Fc1cc(-n2c3ccccc3c3cccnc32)c2ccccc2c1-c1c2ccccc2c(-c2ccc(-c3ccccc3)cc2)c2ccccc12. The minimum Gasteiger partial charge on any atom is -0.293 e. The van der Waals surface area contributed by atoms with E-state index in [2.05, 4.69) is 132 Å². The molecule has 0 fully saturated rings. The van der Waals surface area contributed by atoms with Crippen LogP contribution in [0, 0.1) is 5.82 Å². The molecule has 2 heterocycles. The molecule has 2 nitrogen and oxygen atoms in total. The number of pyridine rings is 1. The lowest BCUT2D eigenvalue weighted by molar-refractivity contribution is 0.632. The smallest absolute Gasteiger partial charge is 0.145 e. The molecule has 50 heavy (non-hydrogen) atoms. The summed E-state index contributed by atoms with van der Waals surface area (Å²) < 4.78 is 19.4. The van der Waals surface area contributed by atoms with Gasteiger partial charge in [-0.25, -0.2) is 9.37 Å². The van der Waals surface area contributed by atoms with E-state index in [0.717, 1.165) is 76.6 Å². The van der Waals surface area contributed by atoms with E-state index >= 15 is 4.39 Å². The Hall–Kier alpha value is -6.58. The van der Waals surface area contributed by atoms with Crippen molar-refractivity contribution in [2.75, 3.05) is 0 Å². The van der Waals surface area contributed by atoms with Gasteiger partial charge in [-0.2, -0.15) is 0 Å². The van der Waals surface area contributed by atoms with Crippen molar-refractivity contribution in [2.24, 2.45) is 0 Å². The van der Waals surface area contributed by atoms with Gasteiger partial charge in [0.25, 0.3) is 0 Å². The zero-order valence-corrected chi connectivity index (χ0v) is 27.0. The molecule has 234 valence electrons. The molecule has 0 radical (unpaired) electrons. The summed E-state index contributed by atoms with van der Waals surface area (Å²) in [5.41, 5.74) is 8.73. The fourth-order valence-corrected chi connectivity index (χ4v) is 7.97. The van der Waals surface area contributed by atoms with Crippen LogP contribution in [0.4, 0.5) is 4.39 Å². The van der Waals surface area contributed by atoms with Crippen molar-refractivity contribution in [2.45, 2.75) is 0 Å². The highest BCUT2D eigenvalue weighted by Crippen LogP contribution is 2.47. The van der Waals surface area contributed by atoms with Crippen LogP contribution in [0.5, 0.6) is 0 Å². The Morgan fingerprint density at radius 1 is 0.380 bits per heavy atom. The number of aromatic nitrogens is 2. The van der Waals surface area contributed by atoms with E-state index in [9.17, 15) is 0 Å². The first-order valence-corrected chi connectivity index (χ1v) is 16.9. The van der Waals surface area contributed by atoms with Gasteiger partial charge in [0.05, 0.1) is 11.2 Å². The molecule has 2 aromatic heterocycles. The number of hydrogen-bond acceptors (Lipinski definition) is 1. The molecule has 10 aromatic rings. The molecule has 10 rings (SSSR count). The highest BCUT2D eigenvalue weighted by molar-refractivity contribution is 6.24. The lowest BCUT2D eigenvalue weighted by Crippen LogP contribution is -2.00. The summed E-state index contributed by atoms with van der Waals surface area (Å²) >= 11 is 0. The maximum atomic E-state index is 17.3. The zero-order valence-electron chi connectivity index (χ0n) is 27.0.